The molecule has 1 atom stereocenters. The van der Waals surface area contributed by atoms with Gasteiger partial charge in [-0.25, -0.2) is 0 Å². The predicted molar refractivity (Wildman–Crippen MR) is 118 cm³/mol. The maximum atomic E-state index is 13.2. The van der Waals surface area contributed by atoms with Crippen LogP contribution in [0.1, 0.15) is 40.7 Å². The molecule has 0 bridgehead atoms. The molecule has 5 heteroatoms. The van der Waals surface area contributed by atoms with Crippen LogP contribution in [-0.2, 0) is 5.54 Å². The summed E-state index contributed by atoms with van der Waals surface area (Å²) in [5.74, 6) is 0.711. The largest absolute Gasteiger partial charge is 0.492 e. The zero-order valence-corrected chi connectivity index (χ0v) is 17.5. The summed E-state index contributed by atoms with van der Waals surface area (Å²) in [4.78, 5) is 20.0. The second kappa shape index (κ2) is 7.40. The van der Waals surface area contributed by atoms with Crippen molar-refractivity contribution in [2.45, 2.75) is 37.8 Å². The molecule has 1 amide bonds. The highest BCUT2D eigenvalue weighted by atomic mass is 16.5. The number of aryl methyl sites for hydroxylation is 1. The summed E-state index contributed by atoms with van der Waals surface area (Å²) in [5, 5.41) is 4.43. The fourth-order valence-electron chi connectivity index (χ4n) is 4.30. The number of nitrogens with zero attached hydrogens (tertiary/aromatic N) is 2. The SMILES string of the molecule is Cc1ccc(OC[C@H]2CCN2C)cc1C(=O)NC1(c2cccc3ncccc23)CC1. The van der Waals surface area contributed by atoms with E-state index in [1.54, 1.807) is 6.20 Å². The topological polar surface area (TPSA) is 54.5 Å². The zero-order chi connectivity index (χ0) is 20.7. The molecule has 1 aromatic heterocycles. The first-order chi connectivity index (χ1) is 14.6. The van der Waals surface area contributed by atoms with Gasteiger partial charge in [0.15, 0.2) is 0 Å². The molecule has 2 heterocycles. The number of rotatable bonds is 6. The van der Waals surface area contributed by atoms with Gasteiger partial charge in [-0.1, -0.05) is 24.3 Å². The fourth-order valence-corrected chi connectivity index (χ4v) is 4.30. The normalized spacial score (nSPS) is 19.9. The summed E-state index contributed by atoms with van der Waals surface area (Å²) in [7, 11) is 2.11. The molecule has 0 radical (unpaired) electrons. The number of nitrogens with one attached hydrogen (secondary N) is 1. The van der Waals surface area contributed by atoms with E-state index in [-0.39, 0.29) is 11.4 Å². The summed E-state index contributed by atoms with van der Waals surface area (Å²) >= 11 is 0. The number of likely N-dealkylation sites (tertiary alicyclic amines) is 1. The Kier molecular flexibility index (Phi) is 4.70. The molecule has 1 saturated carbocycles. The van der Waals surface area contributed by atoms with Gasteiger partial charge in [0, 0.05) is 23.2 Å². The lowest BCUT2D eigenvalue weighted by Gasteiger charge is -2.37. The van der Waals surface area contributed by atoms with Crippen LogP contribution in [0.2, 0.25) is 0 Å². The first-order valence-electron chi connectivity index (χ1n) is 10.7. The highest BCUT2D eigenvalue weighted by molar-refractivity contribution is 5.97. The minimum absolute atomic E-state index is 0.0443. The molecule has 154 valence electrons. The Hall–Kier alpha value is -2.92. The van der Waals surface area contributed by atoms with Gasteiger partial charge in [-0.15, -0.1) is 0 Å². The Morgan fingerprint density at radius 1 is 1.23 bits per heavy atom. The summed E-state index contributed by atoms with van der Waals surface area (Å²) < 4.78 is 5.98. The van der Waals surface area contributed by atoms with E-state index in [2.05, 4.69) is 34.4 Å². The van der Waals surface area contributed by atoms with E-state index in [0.29, 0.717) is 18.2 Å². The lowest BCUT2D eigenvalue weighted by Crippen LogP contribution is -2.48. The Morgan fingerprint density at radius 3 is 2.83 bits per heavy atom. The third kappa shape index (κ3) is 3.43. The van der Waals surface area contributed by atoms with Gasteiger partial charge >= 0.3 is 0 Å². The lowest BCUT2D eigenvalue weighted by atomic mass is 9.98. The van der Waals surface area contributed by atoms with Gasteiger partial charge < -0.3 is 10.1 Å². The lowest BCUT2D eigenvalue weighted by molar-refractivity contribution is 0.0767. The first-order valence-corrected chi connectivity index (χ1v) is 10.7. The molecule has 5 rings (SSSR count). The third-order valence-corrected chi connectivity index (χ3v) is 6.60. The molecular formula is C25H27N3O2. The van der Waals surface area contributed by atoms with Gasteiger partial charge in [0.25, 0.3) is 5.91 Å². The van der Waals surface area contributed by atoms with Crippen LogP contribution in [0, 0.1) is 6.92 Å². The number of ether oxygens (including phenoxy) is 1. The molecule has 0 unspecified atom stereocenters. The molecule has 1 aliphatic carbocycles. The van der Waals surface area contributed by atoms with Gasteiger partial charge in [0.2, 0.25) is 0 Å². The van der Waals surface area contributed by atoms with Crippen LogP contribution in [0.15, 0.2) is 54.7 Å². The van der Waals surface area contributed by atoms with Crippen molar-refractivity contribution in [1.82, 2.24) is 15.2 Å². The van der Waals surface area contributed by atoms with E-state index >= 15 is 0 Å². The molecule has 2 aliphatic rings. The first kappa shape index (κ1) is 19.1. The Bertz CT molecular complexity index is 1100. The smallest absolute Gasteiger partial charge is 0.252 e. The maximum Gasteiger partial charge on any atom is 0.252 e. The quantitative estimate of drug-likeness (QED) is 0.677. The van der Waals surface area contributed by atoms with Crippen molar-refractivity contribution in [1.29, 1.82) is 0 Å². The van der Waals surface area contributed by atoms with E-state index < -0.39 is 0 Å². The molecule has 1 saturated heterocycles. The molecule has 1 N–H and O–H groups in total. The number of amides is 1. The number of pyridine rings is 1. The van der Waals surface area contributed by atoms with Crippen molar-refractivity contribution in [2.24, 2.45) is 0 Å². The van der Waals surface area contributed by atoms with Gasteiger partial charge in [-0.3, -0.25) is 14.7 Å². The van der Waals surface area contributed by atoms with Crippen molar-refractivity contribution in [3.8, 4) is 5.75 Å². The second-order valence-electron chi connectivity index (χ2n) is 8.62. The second-order valence-corrected chi connectivity index (χ2v) is 8.62. The minimum atomic E-state index is -0.308. The molecule has 0 spiro atoms. The van der Waals surface area contributed by atoms with Gasteiger partial charge in [-0.2, -0.15) is 0 Å². The van der Waals surface area contributed by atoms with E-state index in [1.165, 1.54) is 0 Å². The van der Waals surface area contributed by atoms with Crippen molar-refractivity contribution in [3.63, 3.8) is 0 Å². The maximum absolute atomic E-state index is 13.2. The molecule has 5 nitrogen and oxygen atoms in total. The summed E-state index contributed by atoms with van der Waals surface area (Å²) in [6, 6.07) is 16.5. The van der Waals surface area contributed by atoms with Crippen LogP contribution >= 0.6 is 0 Å². The van der Waals surface area contributed by atoms with Crippen LogP contribution in [0.3, 0.4) is 0 Å². The monoisotopic (exact) mass is 401 g/mol. The van der Waals surface area contributed by atoms with E-state index in [4.69, 9.17) is 4.74 Å². The highest BCUT2D eigenvalue weighted by Crippen LogP contribution is 2.48. The van der Waals surface area contributed by atoms with E-state index in [9.17, 15) is 4.79 Å². The number of fused-ring (bicyclic) bond motifs is 1. The number of hydrogen-bond donors (Lipinski definition) is 1. The Labute approximate surface area is 177 Å². The molecule has 1 aliphatic heterocycles. The van der Waals surface area contributed by atoms with E-state index in [1.807, 2.05) is 43.3 Å². The predicted octanol–water partition coefficient (Wildman–Crippen LogP) is 4.05. The van der Waals surface area contributed by atoms with Crippen LogP contribution in [-0.4, -0.2) is 42.0 Å². The molecule has 30 heavy (non-hydrogen) atoms. The number of benzene rings is 2. The standard InChI is InChI=1S/C25H27N3O2/c1-17-8-9-19(30-16-18-10-14-28(18)2)15-21(17)24(29)27-25(11-12-25)22-6-3-7-23-20(22)5-4-13-26-23/h3-9,13,15,18H,10-12,14,16H2,1-2H3,(H,27,29)/t18-/m1/s1. The molecule has 2 fully saturated rings. The highest BCUT2D eigenvalue weighted by Gasteiger charge is 2.46. The van der Waals surface area contributed by atoms with Crippen molar-refractivity contribution < 1.29 is 9.53 Å². The van der Waals surface area contributed by atoms with Gasteiger partial charge in [0.1, 0.15) is 12.4 Å². The fraction of sp³-hybridized carbons (Fsp3) is 0.360. The van der Waals surface area contributed by atoms with Crippen LogP contribution < -0.4 is 10.1 Å². The number of likely N-dealkylation sites (N-methyl/N-ethyl adjacent to an activating group) is 1. The average molecular weight is 402 g/mol. The van der Waals surface area contributed by atoms with Crippen molar-refractivity contribution in [2.75, 3.05) is 20.2 Å². The molecule has 3 aromatic rings. The molecular weight excluding hydrogens is 374 g/mol. The summed E-state index contributed by atoms with van der Waals surface area (Å²) in [6.07, 6.45) is 4.85. The zero-order valence-electron chi connectivity index (χ0n) is 17.5. The molecule has 2 aromatic carbocycles. The number of aromatic nitrogens is 1. The van der Waals surface area contributed by atoms with Crippen molar-refractivity contribution >= 4 is 16.8 Å². The number of carbonyl (C=O) groups is 1. The Morgan fingerprint density at radius 2 is 2.10 bits per heavy atom. The third-order valence-electron chi connectivity index (χ3n) is 6.60. The van der Waals surface area contributed by atoms with Gasteiger partial charge in [0.05, 0.1) is 11.1 Å². The van der Waals surface area contributed by atoms with Gasteiger partial charge in [-0.05, 0) is 75.2 Å². The number of hydrogen-bond acceptors (Lipinski definition) is 4. The Balaban J connectivity index is 1.36. The van der Waals surface area contributed by atoms with Crippen LogP contribution in [0.25, 0.3) is 10.9 Å². The van der Waals surface area contributed by atoms with Crippen molar-refractivity contribution in [3.05, 3.63) is 71.4 Å². The van der Waals surface area contributed by atoms with E-state index in [0.717, 1.165) is 53.6 Å². The van der Waals surface area contributed by atoms with Crippen LogP contribution in [0.5, 0.6) is 5.75 Å². The minimum Gasteiger partial charge on any atom is -0.492 e. The average Bonchev–Trinajstić information content (AvgIpc) is 3.53. The van der Waals surface area contributed by atoms with Crippen LogP contribution in [0.4, 0.5) is 0 Å². The summed E-state index contributed by atoms with van der Waals surface area (Å²) in [6.45, 7) is 3.76. The summed E-state index contributed by atoms with van der Waals surface area (Å²) in [5.41, 5.74) is 3.44. The number of carbonyl (C=O) groups excluding carboxylic acids is 1.